The number of carbonyl (C=O) groups excluding carboxylic acids is 1. The molecule has 0 aliphatic heterocycles. The summed E-state index contributed by atoms with van der Waals surface area (Å²) < 4.78 is 5.81. The second-order valence-electron chi connectivity index (χ2n) is 4.06. The summed E-state index contributed by atoms with van der Waals surface area (Å²) in [4.78, 5) is 19.4. The highest BCUT2D eigenvalue weighted by atomic mass is 79.9. The average Bonchev–Trinajstić information content (AvgIpc) is 1.99. The monoisotopic (exact) mass is 272 g/mol. The van der Waals surface area contributed by atoms with Crippen LogP contribution in [0.4, 0.5) is 0 Å². The van der Waals surface area contributed by atoms with Crippen LogP contribution in [0, 0.1) is 0 Å². The Hall–Kier alpha value is -0.970. The number of ether oxygens (including phenoxy) is 1. The number of hydrogen-bond acceptors (Lipinski definition) is 4. The molecule has 0 bridgehead atoms. The lowest BCUT2D eigenvalue weighted by Crippen LogP contribution is -2.25. The Kier molecular flexibility index (Phi) is 3.79. The Morgan fingerprint density at radius 3 is 2.73 bits per heavy atom. The minimum Gasteiger partial charge on any atom is -0.460 e. The standard InChI is InChI=1S/C10H13BrN2O2/c1-10(2,3)15-9(14)6-8-12-5-4-7(11)13-8/h4-5H,6H2,1-3H3. The number of hydrogen-bond donors (Lipinski definition) is 0. The SMILES string of the molecule is CC(C)(C)OC(=O)Cc1nccc(Br)n1. The molecule has 1 aromatic heterocycles. The Bertz CT molecular complexity index is 361. The van der Waals surface area contributed by atoms with Gasteiger partial charge in [-0.05, 0) is 42.8 Å². The molecule has 0 aliphatic rings. The Balaban J connectivity index is 2.59. The van der Waals surface area contributed by atoms with Gasteiger partial charge in [0.15, 0.2) is 0 Å². The summed E-state index contributed by atoms with van der Waals surface area (Å²) in [5.41, 5.74) is -0.469. The third-order valence-electron chi connectivity index (χ3n) is 1.39. The second-order valence-corrected chi connectivity index (χ2v) is 4.87. The van der Waals surface area contributed by atoms with Crippen LogP contribution in [0.3, 0.4) is 0 Å². The number of esters is 1. The highest BCUT2D eigenvalue weighted by molar-refractivity contribution is 9.10. The maximum Gasteiger partial charge on any atom is 0.314 e. The van der Waals surface area contributed by atoms with Gasteiger partial charge in [-0.15, -0.1) is 0 Å². The minimum atomic E-state index is -0.469. The Morgan fingerprint density at radius 2 is 2.20 bits per heavy atom. The van der Waals surface area contributed by atoms with Crippen LogP contribution in [0.2, 0.25) is 0 Å². The molecule has 0 aliphatic carbocycles. The van der Waals surface area contributed by atoms with Crippen molar-refractivity contribution in [2.75, 3.05) is 0 Å². The van der Waals surface area contributed by atoms with Crippen LogP contribution >= 0.6 is 15.9 Å². The van der Waals surface area contributed by atoms with Crippen molar-refractivity contribution < 1.29 is 9.53 Å². The summed E-state index contributed by atoms with van der Waals surface area (Å²) in [7, 11) is 0. The first kappa shape index (κ1) is 12.1. The first-order chi connectivity index (χ1) is 6.87. The first-order valence-corrected chi connectivity index (χ1v) is 5.35. The normalized spacial score (nSPS) is 11.2. The lowest BCUT2D eigenvalue weighted by molar-refractivity contribution is -0.154. The second kappa shape index (κ2) is 4.70. The predicted octanol–water partition coefficient (Wildman–Crippen LogP) is 2.12. The molecule has 0 amide bonds. The molecule has 0 aromatic carbocycles. The lowest BCUT2D eigenvalue weighted by Gasteiger charge is -2.19. The van der Waals surface area contributed by atoms with Gasteiger partial charge < -0.3 is 4.74 Å². The van der Waals surface area contributed by atoms with Gasteiger partial charge in [0, 0.05) is 6.20 Å². The predicted molar refractivity (Wildman–Crippen MR) is 59.3 cm³/mol. The molecule has 0 fully saturated rings. The highest BCUT2D eigenvalue weighted by Gasteiger charge is 2.17. The topological polar surface area (TPSA) is 52.1 Å². The van der Waals surface area contributed by atoms with Gasteiger partial charge >= 0.3 is 5.97 Å². The van der Waals surface area contributed by atoms with E-state index in [1.807, 2.05) is 20.8 Å². The number of nitrogens with zero attached hydrogens (tertiary/aromatic N) is 2. The van der Waals surface area contributed by atoms with Crippen LogP contribution < -0.4 is 0 Å². The molecule has 1 heterocycles. The van der Waals surface area contributed by atoms with E-state index < -0.39 is 5.60 Å². The molecule has 0 spiro atoms. The molecule has 0 saturated heterocycles. The third kappa shape index (κ3) is 4.88. The molecule has 0 N–H and O–H groups in total. The summed E-state index contributed by atoms with van der Waals surface area (Å²) >= 11 is 3.21. The zero-order valence-corrected chi connectivity index (χ0v) is 10.5. The van der Waals surface area contributed by atoms with E-state index in [1.165, 1.54) is 0 Å². The Labute approximate surface area is 97.2 Å². The van der Waals surface area contributed by atoms with Crippen molar-refractivity contribution in [2.24, 2.45) is 0 Å². The zero-order valence-electron chi connectivity index (χ0n) is 8.95. The van der Waals surface area contributed by atoms with Crippen molar-refractivity contribution in [3.8, 4) is 0 Å². The zero-order chi connectivity index (χ0) is 11.5. The van der Waals surface area contributed by atoms with Crippen LogP contribution in [0.25, 0.3) is 0 Å². The van der Waals surface area contributed by atoms with Gasteiger partial charge in [0.1, 0.15) is 22.4 Å². The molecule has 0 atom stereocenters. The van der Waals surface area contributed by atoms with E-state index in [1.54, 1.807) is 12.3 Å². The fourth-order valence-electron chi connectivity index (χ4n) is 0.966. The van der Waals surface area contributed by atoms with Gasteiger partial charge in [-0.2, -0.15) is 0 Å². The van der Waals surface area contributed by atoms with E-state index in [0.717, 1.165) is 0 Å². The van der Waals surface area contributed by atoms with Crippen molar-refractivity contribution in [3.63, 3.8) is 0 Å². The van der Waals surface area contributed by atoms with Crippen molar-refractivity contribution in [3.05, 3.63) is 22.7 Å². The molecule has 4 nitrogen and oxygen atoms in total. The Morgan fingerprint density at radius 1 is 1.53 bits per heavy atom. The van der Waals surface area contributed by atoms with Gasteiger partial charge in [0.25, 0.3) is 0 Å². The maximum absolute atomic E-state index is 11.4. The molecular weight excluding hydrogens is 260 g/mol. The lowest BCUT2D eigenvalue weighted by atomic mass is 10.2. The maximum atomic E-state index is 11.4. The van der Waals surface area contributed by atoms with Gasteiger partial charge in [0.2, 0.25) is 0 Å². The van der Waals surface area contributed by atoms with Crippen LogP contribution in [0.5, 0.6) is 0 Å². The number of rotatable bonds is 2. The summed E-state index contributed by atoms with van der Waals surface area (Å²) in [5.74, 6) is 0.138. The van der Waals surface area contributed by atoms with Crippen LogP contribution in [-0.4, -0.2) is 21.5 Å². The number of halogens is 1. The largest absolute Gasteiger partial charge is 0.460 e. The summed E-state index contributed by atoms with van der Waals surface area (Å²) in [6, 6.07) is 1.71. The van der Waals surface area contributed by atoms with Crippen molar-refractivity contribution in [1.29, 1.82) is 0 Å². The van der Waals surface area contributed by atoms with E-state index in [4.69, 9.17) is 4.74 Å². The summed E-state index contributed by atoms with van der Waals surface area (Å²) in [5, 5.41) is 0. The molecule has 15 heavy (non-hydrogen) atoms. The molecular formula is C10H13BrN2O2. The molecule has 0 unspecified atom stereocenters. The van der Waals surface area contributed by atoms with E-state index in [2.05, 4.69) is 25.9 Å². The number of carbonyl (C=O) groups is 1. The van der Waals surface area contributed by atoms with Crippen molar-refractivity contribution in [1.82, 2.24) is 9.97 Å². The van der Waals surface area contributed by atoms with E-state index in [0.29, 0.717) is 10.4 Å². The van der Waals surface area contributed by atoms with Gasteiger partial charge in [-0.25, -0.2) is 9.97 Å². The van der Waals surface area contributed by atoms with E-state index >= 15 is 0 Å². The highest BCUT2D eigenvalue weighted by Crippen LogP contribution is 2.09. The quantitative estimate of drug-likeness (QED) is 0.611. The smallest absolute Gasteiger partial charge is 0.314 e. The summed E-state index contributed by atoms with van der Waals surface area (Å²) in [6.45, 7) is 5.48. The number of aromatic nitrogens is 2. The first-order valence-electron chi connectivity index (χ1n) is 4.56. The van der Waals surface area contributed by atoms with Crippen molar-refractivity contribution >= 4 is 21.9 Å². The van der Waals surface area contributed by atoms with Crippen LogP contribution in [-0.2, 0) is 16.0 Å². The van der Waals surface area contributed by atoms with Crippen LogP contribution in [0.1, 0.15) is 26.6 Å². The van der Waals surface area contributed by atoms with E-state index in [-0.39, 0.29) is 12.4 Å². The van der Waals surface area contributed by atoms with Gasteiger partial charge in [-0.1, -0.05) is 0 Å². The third-order valence-corrected chi connectivity index (χ3v) is 1.84. The van der Waals surface area contributed by atoms with Crippen LogP contribution in [0.15, 0.2) is 16.9 Å². The molecule has 0 radical (unpaired) electrons. The van der Waals surface area contributed by atoms with Crippen molar-refractivity contribution in [2.45, 2.75) is 32.8 Å². The molecule has 5 heteroatoms. The molecule has 0 saturated carbocycles. The summed E-state index contributed by atoms with van der Waals surface area (Å²) in [6.07, 6.45) is 1.69. The fraction of sp³-hybridized carbons (Fsp3) is 0.500. The van der Waals surface area contributed by atoms with E-state index in [9.17, 15) is 4.79 Å². The van der Waals surface area contributed by atoms with Gasteiger partial charge in [0.05, 0.1) is 0 Å². The fourth-order valence-corrected chi connectivity index (χ4v) is 1.29. The molecule has 82 valence electrons. The molecule has 1 aromatic rings. The minimum absolute atomic E-state index is 0.0940. The van der Waals surface area contributed by atoms with Gasteiger partial charge in [-0.3, -0.25) is 4.79 Å². The molecule has 1 rings (SSSR count). The average molecular weight is 273 g/mol.